The van der Waals surface area contributed by atoms with Crippen LogP contribution in [0, 0.1) is 0 Å². The molecule has 2 aromatic rings. The second-order valence-electron chi connectivity index (χ2n) is 7.22. The zero-order valence-electron chi connectivity index (χ0n) is 17.3. The molecule has 3 atom stereocenters. The predicted molar refractivity (Wildman–Crippen MR) is 118 cm³/mol. The van der Waals surface area contributed by atoms with E-state index in [9.17, 15) is 32.5 Å². The Bertz CT molecular complexity index is 1200. The van der Waals surface area contributed by atoms with E-state index < -0.39 is 33.3 Å². The molecule has 33 heavy (non-hydrogen) atoms. The molecule has 2 aliphatic rings. The van der Waals surface area contributed by atoms with Crippen molar-refractivity contribution in [3.05, 3.63) is 64.3 Å². The molecule has 4 heterocycles. The number of carbonyl (C=O) groups is 3. The summed E-state index contributed by atoms with van der Waals surface area (Å²) in [5.41, 5.74) is 1.11. The number of carboxylic acid groups (broad SMARTS) is 1. The Balaban J connectivity index is 0.00000306. The van der Waals surface area contributed by atoms with E-state index in [1.165, 1.54) is 51.6 Å². The van der Waals surface area contributed by atoms with Gasteiger partial charge >= 0.3 is 0 Å². The number of nitrogens with one attached hydrogen (secondary N) is 1. The first-order valence-electron chi connectivity index (χ1n) is 9.28. The van der Waals surface area contributed by atoms with Gasteiger partial charge in [0, 0.05) is 64.8 Å². The zero-order valence-corrected chi connectivity index (χ0v) is 21.7. The van der Waals surface area contributed by atoms with Crippen LogP contribution in [0.4, 0.5) is 0 Å². The molecule has 1 radical (unpaired) electrons. The van der Waals surface area contributed by atoms with Crippen LogP contribution in [0.5, 0.6) is 0 Å². The summed E-state index contributed by atoms with van der Waals surface area (Å²) in [6, 6.07) is 3.38. The van der Waals surface area contributed by atoms with E-state index in [4.69, 9.17) is 0 Å². The second kappa shape index (κ2) is 10.3. The number of pyridine rings is 1. The summed E-state index contributed by atoms with van der Waals surface area (Å²) in [7, 11) is -4.71. The maximum absolute atomic E-state index is 12.6. The number of aromatic carboxylic acids is 1. The van der Waals surface area contributed by atoms with Crippen molar-refractivity contribution in [2.45, 2.75) is 23.2 Å². The zero-order chi connectivity index (χ0) is 23.0. The minimum Gasteiger partial charge on any atom is -0.545 e. The van der Waals surface area contributed by atoms with Gasteiger partial charge < -0.3 is 20.1 Å². The molecular weight excluding hydrogens is 501 g/mol. The average molecular weight is 519 g/mol. The fourth-order valence-corrected chi connectivity index (χ4v) is 6.35. The molecule has 0 bridgehead atoms. The van der Waals surface area contributed by atoms with E-state index in [-0.39, 0.29) is 52.0 Å². The van der Waals surface area contributed by atoms with Crippen LogP contribution in [0.2, 0.25) is 0 Å². The van der Waals surface area contributed by atoms with Gasteiger partial charge in [-0.3, -0.25) is 14.1 Å². The standard InChI is InChI=1S/C19H17N3O7S3.Na/c23-16(15(32(27,28)29)13-3-6-30-10-13)20-14-17(24)22-8-11(9-31-18(14)22)7-21-4-1-12(2-5-21)19(25)26;/h1-6,8,10,14-15,18H,7,9H2,(H2-,20,23,25,26,27,28,29);/t14?,15?,18-;/m1./s1. The summed E-state index contributed by atoms with van der Waals surface area (Å²) in [6.45, 7) is 0.441. The largest absolute Gasteiger partial charge is 0.545 e. The van der Waals surface area contributed by atoms with Crippen LogP contribution in [0.1, 0.15) is 21.2 Å². The summed E-state index contributed by atoms with van der Waals surface area (Å²) in [5, 5.41) is 14.2. The van der Waals surface area contributed by atoms with E-state index in [0.29, 0.717) is 12.3 Å². The van der Waals surface area contributed by atoms with E-state index in [1.54, 1.807) is 28.5 Å². The van der Waals surface area contributed by atoms with Crippen LogP contribution in [0.15, 0.2) is 53.1 Å². The molecule has 14 heteroatoms. The van der Waals surface area contributed by atoms with Crippen molar-refractivity contribution in [2.75, 3.05) is 5.75 Å². The van der Waals surface area contributed by atoms with Crippen molar-refractivity contribution < 1.29 is 37.0 Å². The molecule has 0 aromatic carbocycles. The number of aromatic nitrogens is 1. The third-order valence-corrected chi connectivity index (χ3v) is 8.19. The molecule has 1 saturated heterocycles. The normalized spacial score (nSPS) is 20.6. The van der Waals surface area contributed by atoms with Crippen LogP contribution >= 0.6 is 23.1 Å². The number of β-lactam (4-membered cyclic amide) rings is 1. The average Bonchev–Trinajstić information content (AvgIpc) is 3.25. The van der Waals surface area contributed by atoms with Gasteiger partial charge in [-0.15, -0.1) is 11.8 Å². The molecule has 0 saturated carbocycles. The van der Waals surface area contributed by atoms with Gasteiger partial charge in [-0.25, -0.2) is 4.57 Å². The molecule has 0 aliphatic carbocycles. The molecule has 2 amide bonds. The Morgan fingerprint density at radius 1 is 1.30 bits per heavy atom. The van der Waals surface area contributed by atoms with Crippen molar-refractivity contribution in [3.63, 3.8) is 0 Å². The summed E-state index contributed by atoms with van der Waals surface area (Å²) >= 11 is 2.60. The Morgan fingerprint density at radius 2 is 2.00 bits per heavy atom. The van der Waals surface area contributed by atoms with Crippen LogP contribution in [0.25, 0.3) is 0 Å². The Kier molecular flexibility index (Phi) is 8.04. The third-order valence-electron chi connectivity index (χ3n) is 5.03. The van der Waals surface area contributed by atoms with Crippen molar-refractivity contribution in [3.8, 4) is 0 Å². The third kappa shape index (κ3) is 5.50. The number of hydrogen-bond donors (Lipinski definition) is 2. The number of carboxylic acids is 1. The van der Waals surface area contributed by atoms with Crippen LogP contribution in [-0.4, -0.2) is 82.4 Å². The maximum atomic E-state index is 12.6. The van der Waals surface area contributed by atoms with Crippen LogP contribution in [0.3, 0.4) is 0 Å². The summed E-state index contributed by atoms with van der Waals surface area (Å²) < 4.78 is 34.8. The minimum absolute atomic E-state index is 0. The van der Waals surface area contributed by atoms with Gasteiger partial charge in [0.2, 0.25) is 5.91 Å². The van der Waals surface area contributed by atoms with E-state index >= 15 is 0 Å². The van der Waals surface area contributed by atoms with Gasteiger partial charge in [0.15, 0.2) is 24.2 Å². The molecule has 4 rings (SSSR count). The van der Waals surface area contributed by atoms with Crippen molar-refractivity contribution in [1.82, 2.24) is 10.2 Å². The number of thiophene rings is 1. The second-order valence-corrected chi connectivity index (χ2v) is 10.6. The topological polar surface area (TPSA) is 148 Å². The van der Waals surface area contributed by atoms with Crippen molar-refractivity contribution >= 4 is 80.6 Å². The molecule has 0 spiro atoms. The molecule has 2 aromatic heterocycles. The monoisotopic (exact) mass is 518 g/mol. The Labute approximate surface area is 219 Å². The van der Waals surface area contributed by atoms with E-state index in [2.05, 4.69) is 5.32 Å². The Morgan fingerprint density at radius 3 is 2.58 bits per heavy atom. The fourth-order valence-electron chi connectivity index (χ4n) is 3.49. The summed E-state index contributed by atoms with van der Waals surface area (Å²) in [6.07, 6.45) is 4.89. The minimum atomic E-state index is -4.71. The quantitative estimate of drug-likeness (QED) is 0.204. The molecular formula is C19H17N3NaO7S3. The van der Waals surface area contributed by atoms with Crippen molar-refractivity contribution in [2.24, 2.45) is 0 Å². The number of fused-ring (bicyclic) bond motifs is 1. The van der Waals surface area contributed by atoms with Gasteiger partial charge in [-0.2, -0.15) is 19.8 Å². The van der Waals surface area contributed by atoms with Gasteiger partial charge in [0.05, 0.1) is 5.97 Å². The maximum Gasteiger partial charge on any atom is 0.281 e. The number of carbonyl (C=O) groups excluding carboxylic acids is 3. The molecule has 2 aliphatic heterocycles. The van der Waals surface area contributed by atoms with Gasteiger partial charge in [0.25, 0.3) is 16.0 Å². The molecule has 2 unspecified atom stereocenters. The number of nitrogens with zero attached hydrogens (tertiary/aromatic N) is 2. The SMILES string of the molecule is O=C([O-])c1cc[n+](CC2=CN3C(=O)C(NC(=O)C(c4ccsc4)S(=O)(=O)O)[C@H]3SC2)cc1.[Na]. The van der Waals surface area contributed by atoms with Gasteiger partial charge in [-0.1, -0.05) is 0 Å². The fraction of sp³-hybridized carbons (Fsp3) is 0.263. The van der Waals surface area contributed by atoms with E-state index in [0.717, 1.165) is 5.57 Å². The van der Waals surface area contributed by atoms with Gasteiger partial charge in [-0.05, 0) is 22.4 Å². The predicted octanol–water partition coefficient (Wildman–Crippen LogP) is -1.07. The van der Waals surface area contributed by atoms with E-state index in [1.807, 2.05) is 0 Å². The smallest absolute Gasteiger partial charge is 0.281 e. The van der Waals surface area contributed by atoms with Crippen LogP contribution in [-0.2, 0) is 26.3 Å². The van der Waals surface area contributed by atoms with Crippen LogP contribution < -0.4 is 15.0 Å². The number of hydrogen-bond acceptors (Lipinski definition) is 8. The van der Waals surface area contributed by atoms with Crippen molar-refractivity contribution in [1.29, 1.82) is 0 Å². The number of amides is 2. The first kappa shape index (κ1) is 25.9. The summed E-state index contributed by atoms with van der Waals surface area (Å²) in [4.78, 5) is 37.5. The first-order valence-corrected chi connectivity index (χ1v) is 12.8. The summed E-state index contributed by atoms with van der Waals surface area (Å²) in [5.74, 6) is -2.04. The first-order chi connectivity index (χ1) is 15.1. The Hall–Kier alpha value is -1.74. The number of rotatable bonds is 7. The molecule has 169 valence electrons. The number of thioether (sulfide) groups is 1. The van der Waals surface area contributed by atoms with Gasteiger partial charge in [0.1, 0.15) is 11.4 Å². The molecule has 2 N–H and O–H groups in total. The molecule has 1 fully saturated rings. The molecule has 10 nitrogen and oxygen atoms in total.